The van der Waals surface area contributed by atoms with Crippen LogP contribution in [-0.4, -0.2) is 17.3 Å². The molecule has 0 saturated heterocycles. The average Bonchev–Trinajstić information content (AvgIpc) is 2.03. The third-order valence-electron chi connectivity index (χ3n) is 1.64. The van der Waals surface area contributed by atoms with E-state index in [-0.39, 0.29) is 5.78 Å². The molecular weight excluding hydrogens is 166 g/mol. The molecule has 0 aliphatic heterocycles. The van der Waals surface area contributed by atoms with Crippen LogP contribution < -0.4 is 11.6 Å². The molecule has 0 radical (unpaired) electrons. The third kappa shape index (κ3) is 3.94. The summed E-state index contributed by atoms with van der Waals surface area (Å²) in [5.41, 5.74) is 5.72. The van der Waals surface area contributed by atoms with Gasteiger partial charge in [-0.1, -0.05) is 20.8 Å². The highest BCUT2D eigenvalue weighted by atomic mass is 16.1. The van der Waals surface area contributed by atoms with E-state index in [0.29, 0.717) is 24.6 Å². The Morgan fingerprint density at radius 2 is 2.08 bits per heavy atom. The number of Topliss-reactive ketones (excluding diaryl/α,β-unsaturated/α-hetero) is 1. The van der Waals surface area contributed by atoms with Crippen LogP contribution >= 0.6 is 0 Å². The summed E-state index contributed by atoms with van der Waals surface area (Å²) in [7, 11) is 0. The first kappa shape index (κ1) is 12.0. The molecule has 13 heavy (non-hydrogen) atoms. The van der Waals surface area contributed by atoms with Crippen LogP contribution in [0.3, 0.4) is 0 Å². The van der Waals surface area contributed by atoms with Gasteiger partial charge in [-0.25, -0.2) is 5.84 Å². The molecule has 76 valence electrons. The fourth-order valence-electron chi connectivity index (χ4n) is 1.02. The Morgan fingerprint density at radius 3 is 2.38 bits per heavy atom. The quantitative estimate of drug-likeness (QED) is 0.374. The summed E-state index contributed by atoms with van der Waals surface area (Å²) in [5, 5.41) is 1.41. The fourth-order valence-corrected chi connectivity index (χ4v) is 1.02. The number of rotatable bonds is 5. The van der Waals surface area contributed by atoms with Gasteiger partial charge in [-0.15, -0.1) is 0 Å². The topological polar surface area (TPSA) is 72.4 Å². The van der Waals surface area contributed by atoms with Gasteiger partial charge >= 0.3 is 0 Å². The number of hydrogen-bond acceptors (Lipinski definition) is 4. The number of nitrogens with two attached hydrogens (primary N) is 2. The van der Waals surface area contributed by atoms with Gasteiger partial charge in [-0.3, -0.25) is 4.79 Å². The van der Waals surface area contributed by atoms with Crippen LogP contribution in [0.25, 0.3) is 0 Å². The van der Waals surface area contributed by atoms with Crippen LogP contribution in [-0.2, 0) is 4.79 Å². The van der Waals surface area contributed by atoms with Crippen LogP contribution in [0.2, 0.25) is 0 Å². The van der Waals surface area contributed by atoms with E-state index >= 15 is 0 Å². The highest BCUT2D eigenvalue weighted by Gasteiger charge is 2.13. The van der Waals surface area contributed by atoms with Gasteiger partial charge in [0, 0.05) is 19.2 Å². The third-order valence-corrected chi connectivity index (χ3v) is 1.64. The van der Waals surface area contributed by atoms with E-state index in [1.54, 1.807) is 6.92 Å². The molecule has 0 aromatic rings. The van der Waals surface area contributed by atoms with Crippen molar-refractivity contribution < 1.29 is 4.79 Å². The number of nitrogens with zero attached hydrogens (tertiary/aromatic N) is 1. The largest absolute Gasteiger partial charge is 0.403 e. The summed E-state index contributed by atoms with van der Waals surface area (Å²) in [5.74, 6) is 6.05. The molecule has 0 aliphatic rings. The van der Waals surface area contributed by atoms with Gasteiger partial charge in [-0.2, -0.15) is 0 Å². The van der Waals surface area contributed by atoms with Crippen molar-refractivity contribution in [2.24, 2.45) is 17.5 Å². The van der Waals surface area contributed by atoms with Crippen molar-refractivity contribution in [3.63, 3.8) is 0 Å². The lowest BCUT2D eigenvalue weighted by molar-refractivity contribution is -0.116. The molecule has 0 bridgehead atoms. The predicted octanol–water partition coefficient (Wildman–Crippen LogP) is 0.597. The molecule has 0 rings (SSSR count). The number of hydrogen-bond donors (Lipinski definition) is 2. The van der Waals surface area contributed by atoms with Gasteiger partial charge in [0.2, 0.25) is 0 Å². The summed E-state index contributed by atoms with van der Waals surface area (Å²) < 4.78 is 0. The van der Waals surface area contributed by atoms with Gasteiger partial charge in [0.05, 0.1) is 0 Å². The van der Waals surface area contributed by atoms with E-state index in [2.05, 4.69) is 0 Å². The van der Waals surface area contributed by atoms with E-state index in [0.717, 1.165) is 0 Å². The summed E-state index contributed by atoms with van der Waals surface area (Å²) in [6.45, 7) is 6.48. The van der Waals surface area contributed by atoms with E-state index in [1.807, 2.05) is 13.8 Å². The number of ketones is 1. The highest BCUT2D eigenvalue weighted by molar-refractivity contribution is 5.94. The number of carbonyl (C=O) groups excluding carboxylic acids is 1. The molecule has 0 atom stereocenters. The van der Waals surface area contributed by atoms with E-state index in [4.69, 9.17) is 11.6 Å². The summed E-state index contributed by atoms with van der Waals surface area (Å²) in [4.78, 5) is 11.3. The molecule has 4 heteroatoms. The first-order chi connectivity index (χ1) is 6.02. The van der Waals surface area contributed by atoms with E-state index < -0.39 is 0 Å². The molecule has 0 amide bonds. The van der Waals surface area contributed by atoms with E-state index in [1.165, 1.54) is 11.2 Å². The lowest BCUT2D eigenvalue weighted by atomic mass is 10.2. The van der Waals surface area contributed by atoms with Crippen LogP contribution in [0, 0.1) is 5.92 Å². The van der Waals surface area contributed by atoms with Crippen molar-refractivity contribution in [2.45, 2.75) is 27.2 Å². The first-order valence-electron chi connectivity index (χ1n) is 4.50. The maximum Gasteiger partial charge on any atom is 0.181 e. The van der Waals surface area contributed by atoms with Gasteiger partial charge in [0.25, 0.3) is 0 Å². The molecule has 0 saturated carbocycles. The molecule has 0 aliphatic carbocycles. The second kappa shape index (κ2) is 5.59. The molecule has 0 aromatic heterocycles. The minimum Gasteiger partial charge on any atom is -0.403 e. The van der Waals surface area contributed by atoms with Crippen molar-refractivity contribution in [3.05, 3.63) is 11.9 Å². The van der Waals surface area contributed by atoms with Crippen LogP contribution in [0.1, 0.15) is 27.2 Å². The fraction of sp³-hybridized carbons (Fsp3) is 0.667. The summed E-state index contributed by atoms with van der Waals surface area (Å²) in [6, 6.07) is 0. The standard InChI is InChI=1S/C9H19N3O/c1-4-9(13)8(5-10)12(11)6-7(2)3/h5,7H,4,6,10-11H2,1-3H3/b8-5-. The van der Waals surface area contributed by atoms with Crippen molar-refractivity contribution in [1.82, 2.24) is 5.01 Å². The average molecular weight is 185 g/mol. The maximum atomic E-state index is 11.3. The van der Waals surface area contributed by atoms with Gasteiger partial charge in [-0.05, 0) is 5.92 Å². The number of carbonyl (C=O) groups is 1. The van der Waals surface area contributed by atoms with Crippen LogP contribution in [0.5, 0.6) is 0 Å². The lowest BCUT2D eigenvalue weighted by Crippen LogP contribution is -2.37. The Bertz CT molecular complexity index is 199. The normalized spacial score (nSPS) is 11.9. The molecule has 0 spiro atoms. The lowest BCUT2D eigenvalue weighted by Gasteiger charge is -2.22. The van der Waals surface area contributed by atoms with Gasteiger partial charge in [0.15, 0.2) is 5.78 Å². The molecule has 0 unspecified atom stereocenters. The molecular formula is C9H19N3O. The number of allylic oxidation sites excluding steroid dienone is 1. The highest BCUT2D eigenvalue weighted by Crippen LogP contribution is 2.05. The van der Waals surface area contributed by atoms with Crippen molar-refractivity contribution in [3.8, 4) is 0 Å². The zero-order valence-corrected chi connectivity index (χ0v) is 8.58. The Hall–Kier alpha value is -1.03. The zero-order valence-electron chi connectivity index (χ0n) is 8.58. The molecule has 0 fully saturated rings. The van der Waals surface area contributed by atoms with Crippen LogP contribution in [0.4, 0.5) is 0 Å². The maximum absolute atomic E-state index is 11.3. The van der Waals surface area contributed by atoms with Crippen molar-refractivity contribution in [1.29, 1.82) is 0 Å². The number of hydrazine groups is 1. The van der Waals surface area contributed by atoms with E-state index in [9.17, 15) is 4.79 Å². The second-order valence-electron chi connectivity index (χ2n) is 3.37. The Labute approximate surface area is 79.5 Å². The van der Waals surface area contributed by atoms with Gasteiger partial charge < -0.3 is 10.7 Å². The monoisotopic (exact) mass is 185 g/mol. The Kier molecular flexibility index (Phi) is 5.14. The summed E-state index contributed by atoms with van der Waals surface area (Å²) >= 11 is 0. The smallest absolute Gasteiger partial charge is 0.181 e. The van der Waals surface area contributed by atoms with Crippen molar-refractivity contribution >= 4 is 5.78 Å². The summed E-state index contributed by atoms with van der Waals surface area (Å²) in [6.07, 6.45) is 1.70. The predicted molar refractivity (Wildman–Crippen MR) is 53.3 cm³/mol. The van der Waals surface area contributed by atoms with Crippen molar-refractivity contribution in [2.75, 3.05) is 6.54 Å². The Morgan fingerprint density at radius 1 is 1.54 bits per heavy atom. The molecule has 4 N–H and O–H groups in total. The minimum atomic E-state index is -0.0225. The molecule has 0 heterocycles. The van der Waals surface area contributed by atoms with Crippen LogP contribution in [0.15, 0.2) is 11.9 Å². The molecule has 4 nitrogen and oxygen atoms in total. The first-order valence-corrected chi connectivity index (χ1v) is 4.50. The minimum absolute atomic E-state index is 0.0225. The second-order valence-corrected chi connectivity index (χ2v) is 3.37. The SMILES string of the molecule is CCC(=O)/C(=C/N)N(N)CC(C)C. The zero-order chi connectivity index (χ0) is 10.4. The molecule has 0 aromatic carbocycles. The Balaban J connectivity index is 4.33. The van der Waals surface area contributed by atoms with Gasteiger partial charge in [0.1, 0.15) is 5.70 Å².